The summed E-state index contributed by atoms with van der Waals surface area (Å²) in [6.07, 6.45) is 6.00. The average molecular weight is 142 g/mol. The number of hydrogen-bond acceptors (Lipinski definition) is 1. The summed E-state index contributed by atoms with van der Waals surface area (Å²) in [5.41, 5.74) is 0. The molecule has 2 fully saturated rings. The summed E-state index contributed by atoms with van der Waals surface area (Å²) in [7, 11) is 0. The van der Waals surface area contributed by atoms with Crippen molar-refractivity contribution in [3.63, 3.8) is 0 Å². The van der Waals surface area contributed by atoms with Gasteiger partial charge in [0, 0.05) is 0 Å². The molecule has 2 aliphatic carbocycles. The lowest BCUT2D eigenvalue weighted by Gasteiger charge is -2.04. The predicted molar refractivity (Wildman–Crippen MR) is 42.8 cm³/mol. The largest absolute Gasteiger partial charge is 0.179 e. The van der Waals surface area contributed by atoms with E-state index >= 15 is 0 Å². The van der Waals surface area contributed by atoms with Crippen LogP contribution in [0.25, 0.3) is 0 Å². The van der Waals surface area contributed by atoms with Crippen LogP contribution in [0.1, 0.15) is 25.7 Å². The molecule has 0 aromatic rings. The van der Waals surface area contributed by atoms with Crippen LogP contribution in [-0.2, 0) is 0 Å². The van der Waals surface area contributed by atoms with E-state index in [1.807, 2.05) is 0 Å². The maximum Gasteiger partial charge on any atom is -0.00640 e. The van der Waals surface area contributed by atoms with Gasteiger partial charge < -0.3 is 0 Å². The summed E-state index contributed by atoms with van der Waals surface area (Å²) >= 11 is 4.33. The van der Waals surface area contributed by atoms with E-state index in [0.29, 0.717) is 0 Å². The molecule has 2 aliphatic rings. The predicted octanol–water partition coefficient (Wildman–Crippen LogP) is 2.35. The van der Waals surface area contributed by atoms with E-state index in [-0.39, 0.29) is 0 Å². The van der Waals surface area contributed by atoms with Crippen molar-refractivity contribution < 1.29 is 0 Å². The molecule has 0 aromatic carbocycles. The minimum Gasteiger partial charge on any atom is -0.179 e. The highest BCUT2D eigenvalue weighted by atomic mass is 32.1. The van der Waals surface area contributed by atoms with E-state index in [1.165, 1.54) is 25.7 Å². The molecule has 0 spiro atoms. The van der Waals surface area contributed by atoms with Crippen molar-refractivity contribution in [2.24, 2.45) is 17.8 Å². The van der Waals surface area contributed by atoms with Gasteiger partial charge in [0.1, 0.15) is 0 Å². The molecule has 2 saturated carbocycles. The smallest absolute Gasteiger partial charge is 0.00640 e. The molecule has 0 nitrogen and oxygen atoms in total. The molecule has 2 atom stereocenters. The summed E-state index contributed by atoms with van der Waals surface area (Å²) in [5.74, 6) is 4.39. The third kappa shape index (κ3) is 0.899. The molecule has 52 valence electrons. The average Bonchev–Trinajstić information content (AvgIpc) is 2.60. The molecule has 2 unspecified atom stereocenters. The van der Waals surface area contributed by atoms with E-state index in [1.54, 1.807) is 0 Å². The highest BCUT2D eigenvalue weighted by Gasteiger charge is 2.48. The van der Waals surface area contributed by atoms with Crippen LogP contribution >= 0.6 is 12.6 Å². The standard InChI is InChI=1S/C8H14S/c9-5-8-6-3-1-2-4-7(6)8/h6-9H,1-5H2. The highest BCUT2D eigenvalue weighted by Crippen LogP contribution is 2.55. The summed E-state index contributed by atoms with van der Waals surface area (Å²) in [6.45, 7) is 0. The molecule has 0 aliphatic heterocycles. The molecule has 0 aromatic heterocycles. The molecule has 0 N–H and O–H groups in total. The second-order valence-corrected chi connectivity index (χ2v) is 3.82. The Morgan fingerprint density at radius 1 is 1.11 bits per heavy atom. The zero-order valence-electron chi connectivity index (χ0n) is 5.71. The quantitative estimate of drug-likeness (QED) is 0.534. The zero-order chi connectivity index (χ0) is 6.27. The van der Waals surface area contributed by atoms with Crippen molar-refractivity contribution >= 4 is 12.6 Å². The molecule has 0 heterocycles. The van der Waals surface area contributed by atoms with Crippen LogP contribution in [0.2, 0.25) is 0 Å². The second kappa shape index (κ2) is 2.19. The number of thiol groups is 1. The Hall–Kier alpha value is 0.350. The molecule has 0 radical (unpaired) electrons. The summed E-state index contributed by atoms with van der Waals surface area (Å²) < 4.78 is 0. The van der Waals surface area contributed by atoms with E-state index in [0.717, 1.165) is 23.5 Å². The first-order valence-corrected chi connectivity index (χ1v) is 4.67. The fourth-order valence-electron chi connectivity index (χ4n) is 2.41. The van der Waals surface area contributed by atoms with Crippen LogP contribution in [0.3, 0.4) is 0 Å². The Labute approximate surface area is 62.4 Å². The van der Waals surface area contributed by atoms with Crippen LogP contribution in [0.4, 0.5) is 0 Å². The van der Waals surface area contributed by atoms with Gasteiger partial charge in [-0.15, -0.1) is 0 Å². The molecule has 0 bridgehead atoms. The zero-order valence-corrected chi connectivity index (χ0v) is 6.61. The van der Waals surface area contributed by atoms with Crippen molar-refractivity contribution in [1.82, 2.24) is 0 Å². The van der Waals surface area contributed by atoms with Crippen molar-refractivity contribution in [3.8, 4) is 0 Å². The first-order chi connectivity index (χ1) is 4.43. The molecule has 9 heavy (non-hydrogen) atoms. The molecular weight excluding hydrogens is 128 g/mol. The van der Waals surface area contributed by atoms with Crippen LogP contribution in [0.15, 0.2) is 0 Å². The fraction of sp³-hybridized carbons (Fsp3) is 1.00. The Morgan fingerprint density at radius 2 is 1.67 bits per heavy atom. The van der Waals surface area contributed by atoms with Gasteiger partial charge in [-0.1, -0.05) is 12.8 Å². The van der Waals surface area contributed by atoms with E-state index in [4.69, 9.17) is 0 Å². The Morgan fingerprint density at radius 3 is 2.11 bits per heavy atom. The Bertz CT molecular complexity index is 92.4. The van der Waals surface area contributed by atoms with Gasteiger partial charge in [0.25, 0.3) is 0 Å². The maximum absolute atomic E-state index is 4.33. The first kappa shape index (κ1) is 6.09. The van der Waals surface area contributed by atoms with Gasteiger partial charge in [0.2, 0.25) is 0 Å². The first-order valence-electron chi connectivity index (χ1n) is 4.04. The van der Waals surface area contributed by atoms with Crippen molar-refractivity contribution in [2.75, 3.05) is 5.75 Å². The molecule has 0 saturated heterocycles. The van der Waals surface area contributed by atoms with Crippen LogP contribution in [-0.4, -0.2) is 5.75 Å². The lowest BCUT2D eigenvalue weighted by atomic mass is 10.0. The van der Waals surface area contributed by atoms with Gasteiger partial charge in [0.05, 0.1) is 0 Å². The minimum atomic E-state index is 1.02. The molecule has 0 amide bonds. The lowest BCUT2D eigenvalue weighted by Crippen LogP contribution is -1.91. The summed E-state index contributed by atoms with van der Waals surface area (Å²) in [5, 5.41) is 0. The normalized spacial score (nSPS) is 48.3. The van der Waals surface area contributed by atoms with Crippen molar-refractivity contribution in [1.29, 1.82) is 0 Å². The van der Waals surface area contributed by atoms with Gasteiger partial charge in [-0.3, -0.25) is 0 Å². The lowest BCUT2D eigenvalue weighted by molar-refractivity contribution is 0.480. The number of rotatable bonds is 1. The third-order valence-electron chi connectivity index (χ3n) is 3.04. The topological polar surface area (TPSA) is 0 Å². The monoisotopic (exact) mass is 142 g/mol. The van der Waals surface area contributed by atoms with Gasteiger partial charge in [-0.2, -0.15) is 12.6 Å². The van der Waals surface area contributed by atoms with Crippen molar-refractivity contribution in [3.05, 3.63) is 0 Å². The van der Waals surface area contributed by atoms with Gasteiger partial charge in [0.15, 0.2) is 0 Å². The van der Waals surface area contributed by atoms with E-state index in [9.17, 15) is 0 Å². The van der Waals surface area contributed by atoms with Crippen molar-refractivity contribution in [2.45, 2.75) is 25.7 Å². The SMILES string of the molecule is SCC1C2CCCCC12. The Kier molecular flexibility index (Phi) is 1.48. The molecule has 1 heteroatoms. The highest BCUT2D eigenvalue weighted by molar-refractivity contribution is 7.80. The minimum absolute atomic E-state index is 1.02. The van der Waals surface area contributed by atoms with Crippen LogP contribution in [0.5, 0.6) is 0 Å². The number of fused-ring (bicyclic) bond motifs is 1. The van der Waals surface area contributed by atoms with E-state index in [2.05, 4.69) is 12.6 Å². The molecule has 2 rings (SSSR count). The van der Waals surface area contributed by atoms with Gasteiger partial charge in [-0.25, -0.2) is 0 Å². The summed E-state index contributed by atoms with van der Waals surface area (Å²) in [4.78, 5) is 0. The fourth-order valence-corrected chi connectivity index (χ4v) is 2.95. The van der Waals surface area contributed by atoms with Crippen LogP contribution < -0.4 is 0 Å². The maximum atomic E-state index is 4.33. The molecular formula is C8H14S. The summed E-state index contributed by atoms with van der Waals surface area (Å²) in [6, 6.07) is 0. The third-order valence-corrected chi connectivity index (χ3v) is 3.47. The van der Waals surface area contributed by atoms with Gasteiger partial charge in [-0.05, 0) is 36.3 Å². The second-order valence-electron chi connectivity index (χ2n) is 3.46. The van der Waals surface area contributed by atoms with Gasteiger partial charge >= 0.3 is 0 Å². The van der Waals surface area contributed by atoms with Crippen LogP contribution in [0, 0.1) is 17.8 Å². The van der Waals surface area contributed by atoms with E-state index < -0.39 is 0 Å². The Balaban J connectivity index is 1.91. The number of hydrogen-bond donors (Lipinski definition) is 1.